The van der Waals surface area contributed by atoms with Crippen LogP contribution in [-0.4, -0.2) is 24.7 Å². The number of amides is 1. The standard InChI is InChI=1S/C15H25NO2/c1-11-8-13(9-12(2)18-11)10-16-15(17)14-6-4-3-5-7-14/h3-4,11-14H,5-10H2,1-2H3,(H,16,17)/t11-,12-,14+/m1/s1. The van der Waals surface area contributed by atoms with E-state index >= 15 is 0 Å². The molecule has 1 aliphatic carbocycles. The topological polar surface area (TPSA) is 38.3 Å². The fourth-order valence-corrected chi connectivity index (χ4v) is 3.13. The summed E-state index contributed by atoms with van der Waals surface area (Å²) in [7, 11) is 0. The molecule has 102 valence electrons. The number of ether oxygens (including phenoxy) is 1. The molecule has 2 aliphatic rings. The lowest BCUT2D eigenvalue weighted by Crippen LogP contribution is -2.39. The van der Waals surface area contributed by atoms with Crippen molar-refractivity contribution in [1.29, 1.82) is 0 Å². The Morgan fingerprint density at radius 3 is 2.61 bits per heavy atom. The minimum Gasteiger partial charge on any atom is -0.376 e. The predicted octanol–water partition coefficient (Wildman–Crippen LogP) is 2.66. The molecule has 0 spiro atoms. The predicted molar refractivity (Wildman–Crippen MR) is 72.2 cm³/mol. The molecule has 0 unspecified atom stereocenters. The van der Waals surface area contributed by atoms with Gasteiger partial charge >= 0.3 is 0 Å². The van der Waals surface area contributed by atoms with Gasteiger partial charge in [-0.05, 0) is 51.9 Å². The number of carbonyl (C=O) groups is 1. The molecular formula is C15H25NO2. The first-order chi connectivity index (χ1) is 8.65. The highest BCUT2D eigenvalue weighted by atomic mass is 16.5. The van der Waals surface area contributed by atoms with Crippen LogP contribution in [0.4, 0.5) is 0 Å². The molecule has 0 aromatic carbocycles. The van der Waals surface area contributed by atoms with Gasteiger partial charge in [-0.25, -0.2) is 0 Å². The van der Waals surface area contributed by atoms with Gasteiger partial charge in [0.1, 0.15) is 0 Å². The van der Waals surface area contributed by atoms with Crippen LogP contribution >= 0.6 is 0 Å². The Bertz CT molecular complexity index is 304. The average molecular weight is 251 g/mol. The molecule has 18 heavy (non-hydrogen) atoms. The summed E-state index contributed by atoms with van der Waals surface area (Å²) < 4.78 is 5.72. The van der Waals surface area contributed by atoms with Crippen LogP contribution in [0.3, 0.4) is 0 Å². The fraction of sp³-hybridized carbons (Fsp3) is 0.800. The molecule has 1 amide bonds. The first-order valence-electron chi connectivity index (χ1n) is 7.23. The third kappa shape index (κ3) is 3.84. The maximum absolute atomic E-state index is 12.0. The van der Waals surface area contributed by atoms with Crippen LogP contribution in [0.2, 0.25) is 0 Å². The highest BCUT2D eigenvalue weighted by Crippen LogP contribution is 2.24. The molecule has 3 nitrogen and oxygen atoms in total. The van der Waals surface area contributed by atoms with E-state index < -0.39 is 0 Å². The third-order valence-corrected chi connectivity index (χ3v) is 4.00. The summed E-state index contributed by atoms with van der Waals surface area (Å²) in [6.45, 7) is 5.06. The van der Waals surface area contributed by atoms with E-state index in [0.29, 0.717) is 18.1 Å². The van der Waals surface area contributed by atoms with Crippen LogP contribution in [-0.2, 0) is 9.53 Å². The van der Waals surface area contributed by atoms with Crippen molar-refractivity contribution < 1.29 is 9.53 Å². The largest absolute Gasteiger partial charge is 0.376 e. The van der Waals surface area contributed by atoms with Crippen molar-refractivity contribution in [2.45, 2.75) is 58.2 Å². The molecular weight excluding hydrogens is 226 g/mol. The van der Waals surface area contributed by atoms with Gasteiger partial charge < -0.3 is 10.1 Å². The number of hydrogen-bond donors (Lipinski definition) is 1. The third-order valence-electron chi connectivity index (χ3n) is 4.00. The van der Waals surface area contributed by atoms with Crippen molar-refractivity contribution in [2.24, 2.45) is 11.8 Å². The SMILES string of the molecule is C[C@@H]1CC(CNC(=O)[C@H]2CC=CCC2)C[C@@H](C)O1. The fourth-order valence-electron chi connectivity index (χ4n) is 3.13. The van der Waals surface area contributed by atoms with Crippen molar-refractivity contribution in [1.82, 2.24) is 5.32 Å². The molecule has 1 saturated heterocycles. The second-order valence-electron chi connectivity index (χ2n) is 5.82. The number of allylic oxidation sites excluding steroid dienone is 2. The van der Waals surface area contributed by atoms with Crippen LogP contribution in [0.1, 0.15) is 46.0 Å². The Morgan fingerprint density at radius 2 is 2.00 bits per heavy atom. The van der Waals surface area contributed by atoms with E-state index in [1.165, 1.54) is 0 Å². The molecule has 0 radical (unpaired) electrons. The van der Waals surface area contributed by atoms with Crippen LogP contribution in [0.15, 0.2) is 12.2 Å². The quantitative estimate of drug-likeness (QED) is 0.783. The molecule has 1 N–H and O–H groups in total. The highest BCUT2D eigenvalue weighted by Gasteiger charge is 2.25. The number of hydrogen-bond acceptors (Lipinski definition) is 2. The maximum Gasteiger partial charge on any atom is 0.223 e. The summed E-state index contributed by atoms with van der Waals surface area (Å²) in [6, 6.07) is 0. The van der Waals surface area contributed by atoms with Gasteiger partial charge in [-0.3, -0.25) is 4.79 Å². The van der Waals surface area contributed by atoms with E-state index in [2.05, 4.69) is 31.3 Å². The Labute approximate surface area is 110 Å². The van der Waals surface area contributed by atoms with E-state index in [1.54, 1.807) is 0 Å². The van der Waals surface area contributed by atoms with Gasteiger partial charge in [0.25, 0.3) is 0 Å². The molecule has 3 heteroatoms. The summed E-state index contributed by atoms with van der Waals surface area (Å²) in [5.74, 6) is 1.02. The maximum atomic E-state index is 12.0. The van der Waals surface area contributed by atoms with E-state index in [0.717, 1.165) is 38.6 Å². The van der Waals surface area contributed by atoms with Gasteiger partial charge in [0.2, 0.25) is 5.91 Å². The van der Waals surface area contributed by atoms with Gasteiger partial charge in [-0.2, -0.15) is 0 Å². The zero-order chi connectivity index (χ0) is 13.0. The van der Waals surface area contributed by atoms with Crippen LogP contribution in [0, 0.1) is 11.8 Å². The van der Waals surface area contributed by atoms with E-state index in [4.69, 9.17) is 4.74 Å². The van der Waals surface area contributed by atoms with Crippen molar-refractivity contribution in [3.8, 4) is 0 Å². The molecule has 0 aromatic rings. The zero-order valence-electron chi connectivity index (χ0n) is 11.5. The van der Waals surface area contributed by atoms with Crippen molar-refractivity contribution in [2.75, 3.05) is 6.54 Å². The smallest absolute Gasteiger partial charge is 0.223 e. The molecule has 3 atom stereocenters. The first kappa shape index (κ1) is 13.6. The molecule has 1 heterocycles. The minimum atomic E-state index is 0.199. The molecule has 2 rings (SSSR count). The summed E-state index contributed by atoms with van der Waals surface area (Å²) in [4.78, 5) is 12.0. The average Bonchev–Trinajstić information content (AvgIpc) is 2.36. The van der Waals surface area contributed by atoms with Crippen molar-refractivity contribution in [3.63, 3.8) is 0 Å². The number of nitrogens with one attached hydrogen (secondary N) is 1. The van der Waals surface area contributed by atoms with Gasteiger partial charge in [-0.15, -0.1) is 0 Å². The Morgan fingerprint density at radius 1 is 1.28 bits per heavy atom. The molecule has 0 saturated carbocycles. The molecule has 1 fully saturated rings. The summed E-state index contributed by atoms with van der Waals surface area (Å²) in [5, 5.41) is 3.13. The lowest BCUT2D eigenvalue weighted by atomic mass is 9.91. The van der Waals surface area contributed by atoms with Crippen LogP contribution in [0.25, 0.3) is 0 Å². The Balaban J connectivity index is 1.73. The highest BCUT2D eigenvalue weighted by molar-refractivity contribution is 5.78. The Hall–Kier alpha value is -0.830. The van der Waals surface area contributed by atoms with Crippen molar-refractivity contribution >= 4 is 5.91 Å². The normalized spacial score (nSPS) is 36.3. The van der Waals surface area contributed by atoms with Gasteiger partial charge in [0, 0.05) is 12.5 Å². The van der Waals surface area contributed by atoms with E-state index in [-0.39, 0.29) is 11.8 Å². The van der Waals surface area contributed by atoms with E-state index in [9.17, 15) is 4.79 Å². The lowest BCUT2D eigenvalue weighted by molar-refractivity contribution is -0.126. The minimum absolute atomic E-state index is 0.199. The second kappa shape index (κ2) is 6.37. The van der Waals surface area contributed by atoms with Crippen LogP contribution in [0.5, 0.6) is 0 Å². The van der Waals surface area contributed by atoms with Crippen molar-refractivity contribution in [3.05, 3.63) is 12.2 Å². The van der Waals surface area contributed by atoms with Gasteiger partial charge in [-0.1, -0.05) is 12.2 Å². The summed E-state index contributed by atoms with van der Waals surface area (Å²) in [5.41, 5.74) is 0. The number of rotatable bonds is 3. The van der Waals surface area contributed by atoms with Gasteiger partial charge in [0.05, 0.1) is 12.2 Å². The Kier molecular flexibility index (Phi) is 4.81. The lowest BCUT2D eigenvalue weighted by Gasteiger charge is -2.32. The summed E-state index contributed by atoms with van der Waals surface area (Å²) >= 11 is 0. The van der Waals surface area contributed by atoms with E-state index in [1.807, 2.05) is 0 Å². The monoisotopic (exact) mass is 251 g/mol. The zero-order valence-corrected chi connectivity index (χ0v) is 11.5. The van der Waals surface area contributed by atoms with Crippen LogP contribution < -0.4 is 5.32 Å². The molecule has 1 aliphatic heterocycles. The molecule has 0 aromatic heterocycles. The molecule has 0 bridgehead atoms. The van der Waals surface area contributed by atoms with Gasteiger partial charge in [0.15, 0.2) is 0 Å². The second-order valence-corrected chi connectivity index (χ2v) is 5.82. The number of carbonyl (C=O) groups excluding carboxylic acids is 1. The summed E-state index contributed by atoms with van der Waals surface area (Å²) in [6.07, 6.45) is 10.0. The first-order valence-corrected chi connectivity index (χ1v) is 7.23.